The Bertz CT molecular complexity index is 1140. The molecule has 162 valence electrons. The van der Waals surface area contributed by atoms with Gasteiger partial charge in [0, 0.05) is 24.4 Å². The van der Waals surface area contributed by atoms with Gasteiger partial charge in [0.1, 0.15) is 0 Å². The molecule has 31 heavy (non-hydrogen) atoms. The van der Waals surface area contributed by atoms with Gasteiger partial charge in [-0.25, -0.2) is 13.4 Å². The van der Waals surface area contributed by atoms with Gasteiger partial charge in [-0.15, -0.1) is 0 Å². The summed E-state index contributed by atoms with van der Waals surface area (Å²) in [7, 11) is -3.51. The minimum atomic E-state index is -3.51. The van der Waals surface area contributed by atoms with E-state index in [2.05, 4.69) is 15.5 Å². The van der Waals surface area contributed by atoms with Crippen molar-refractivity contribution in [3.05, 3.63) is 48.0 Å². The lowest BCUT2D eigenvalue weighted by molar-refractivity contribution is 0.0730. The smallest absolute Gasteiger partial charge is 0.243 e. The van der Waals surface area contributed by atoms with E-state index in [4.69, 9.17) is 14.2 Å². The highest BCUT2D eigenvalue weighted by Gasteiger charge is 2.26. The molecule has 3 heterocycles. The number of ether oxygens (including phenoxy) is 3. The summed E-state index contributed by atoms with van der Waals surface area (Å²) in [4.78, 5) is 4.78. The molecule has 3 aliphatic heterocycles. The summed E-state index contributed by atoms with van der Waals surface area (Å²) in [5.41, 5.74) is 5.46. The lowest BCUT2D eigenvalue weighted by Crippen LogP contribution is -2.40. The molecule has 1 fully saturated rings. The van der Waals surface area contributed by atoms with Crippen LogP contribution >= 0.6 is 11.8 Å². The third-order valence-corrected chi connectivity index (χ3v) is 7.80. The number of aliphatic imine (C=N–C) groups is 1. The van der Waals surface area contributed by atoms with Crippen LogP contribution in [0.4, 0.5) is 5.69 Å². The van der Waals surface area contributed by atoms with Gasteiger partial charge in [-0.3, -0.25) is 5.43 Å². The molecule has 0 aromatic heterocycles. The van der Waals surface area contributed by atoms with Crippen molar-refractivity contribution in [1.82, 2.24) is 9.73 Å². The van der Waals surface area contributed by atoms with Crippen LogP contribution in [0.1, 0.15) is 5.56 Å². The van der Waals surface area contributed by atoms with Crippen LogP contribution in [0.3, 0.4) is 0 Å². The van der Waals surface area contributed by atoms with E-state index in [-0.39, 0.29) is 11.7 Å². The van der Waals surface area contributed by atoms with E-state index in [9.17, 15) is 8.42 Å². The number of hydrogen-bond donors (Lipinski definition) is 1. The average Bonchev–Trinajstić information content (AvgIpc) is 3.29. The molecule has 0 unspecified atom stereocenters. The fourth-order valence-electron chi connectivity index (χ4n) is 3.34. The van der Waals surface area contributed by atoms with Crippen LogP contribution in [-0.4, -0.2) is 62.5 Å². The van der Waals surface area contributed by atoms with Crippen LogP contribution in [0.5, 0.6) is 11.5 Å². The molecule has 2 aromatic carbocycles. The van der Waals surface area contributed by atoms with E-state index < -0.39 is 10.0 Å². The Morgan fingerprint density at radius 1 is 1.03 bits per heavy atom. The minimum Gasteiger partial charge on any atom is -0.454 e. The Hall–Kier alpha value is -2.60. The van der Waals surface area contributed by atoms with Crippen LogP contribution in [0, 0.1) is 0 Å². The summed E-state index contributed by atoms with van der Waals surface area (Å²) in [6.45, 7) is 1.82. The summed E-state index contributed by atoms with van der Waals surface area (Å²) < 4.78 is 42.9. The molecule has 3 aliphatic rings. The normalized spacial score (nSPS) is 20.4. The van der Waals surface area contributed by atoms with Crippen LogP contribution in [0.2, 0.25) is 0 Å². The summed E-state index contributed by atoms with van der Waals surface area (Å²) in [5.74, 6) is 2.11. The second-order valence-electron chi connectivity index (χ2n) is 6.95. The zero-order chi connectivity index (χ0) is 21.3. The van der Waals surface area contributed by atoms with Gasteiger partial charge in [0.25, 0.3) is 0 Å². The largest absolute Gasteiger partial charge is 0.454 e. The van der Waals surface area contributed by atoms with Gasteiger partial charge in [-0.1, -0.05) is 11.8 Å². The molecule has 2 aromatic rings. The zero-order valence-corrected chi connectivity index (χ0v) is 18.1. The number of fused-ring (bicyclic) bond motifs is 1. The van der Waals surface area contributed by atoms with E-state index >= 15 is 0 Å². The molecule has 0 amide bonds. The number of nitrogens with zero attached hydrogens (tertiary/aromatic N) is 3. The fourth-order valence-corrected chi connectivity index (χ4v) is 5.54. The van der Waals surface area contributed by atoms with Gasteiger partial charge in [0.2, 0.25) is 16.8 Å². The molecular formula is C20H20N4O5S2. The number of hydrogen-bond acceptors (Lipinski definition) is 8. The Balaban J connectivity index is 1.27. The van der Waals surface area contributed by atoms with Crippen LogP contribution in [-0.2, 0) is 14.8 Å². The summed E-state index contributed by atoms with van der Waals surface area (Å²) in [5, 5.41) is 5.07. The molecule has 0 bridgehead atoms. The number of nitrogens with one attached hydrogen (secondary N) is 1. The highest BCUT2D eigenvalue weighted by Crippen LogP contribution is 2.33. The van der Waals surface area contributed by atoms with Crippen LogP contribution in [0.25, 0.3) is 0 Å². The fraction of sp³-hybridized carbons (Fsp3) is 0.300. The van der Waals surface area contributed by atoms with Gasteiger partial charge in [-0.2, -0.15) is 9.41 Å². The molecule has 0 radical (unpaired) electrons. The molecule has 9 nitrogen and oxygen atoms in total. The number of thioether (sulfide) groups is 1. The van der Waals surface area contributed by atoms with E-state index in [0.29, 0.717) is 42.9 Å². The van der Waals surface area contributed by atoms with Gasteiger partial charge in [-0.05, 0) is 42.5 Å². The first kappa shape index (κ1) is 20.3. The Labute approximate surface area is 184 Å². The quantitative estimate of drug-likeness (QED) is 0.746. The van der Waals surface area contributed by atoms with Crippen molar-refractivity contribution < 1.29 is 22.6 Å². The van der Waals surface area contributed by atoms with Crippen molar-refractivity contribution in [2.45, 2.75) is 4.90 Å². The molecule has 1 saturated heterocycles. The maximum Gasteiger partial charge on any atom is 0.243 e. The maximum absolute atomic E-state index is 12.7. The molecule has 0 atom stereocenters. The number of sulfonamides is 1. The highest BCUT2D eigenvalue weighted by atomic mass is 32.2. The Morgan fingerprint density at radius 3 is 2.55 bits per heavy atom. The van der Waals surface area contributed by atoms with Crippen LogP contribution < -0.4 is 14.9 Å². The lowest BCUT2D eigenvalue weighted by atomic mass is 10.1. The van der Waals surface area contributed by atoms with Gasteiger partial charge in [0.05, 0.1) is 29.5 Å². The molecule has 0 aliphatic carbocycles. The predicted molar refractivity (Wildman–Crippen MR) is 118 cm³/mol. The molecule has 5 rings (SSSR count). The highest BCUT2D eigenvalue weighted by molar-refractivity contribution is 8.14. The summed E-state index contributed by atoms with van der Waals surface area (Å²) in [6.07, 6.45) is 0. The van der Waals surface area contributed by atoms with Gasteiger partial charge in [0.15, 0.2) is 16.7 Å². The van der Waals surface area contributed by atoms with E-state index in [1.165, 1.54) is 16.1 Å². The number of amidine groups is 1. The standard InChI is InChI=1S/C20H20N4O5S2/c25-31(26,24-7-9-27-10-8-24)16-4-2-15(3-5-16)21-20-23-22-17(12-30-20)14-1-6-18-19(11-14)29-13-28-18/h1-6,11H,7-10,12-13H2,(H,21,23). The molecule has 0 saturated carbocycles. The maximum atomic E-state index is 12.7. The van der Waals surface area contributed by atoms with E-state index in [0.717, 1.165) is 22.8 Å². The minimum absolute atomic E-state index is 0.238. The first-order chi connectivity index (χ1) is 15.1. The second-order valence-corrected chi connectivity index (χ2v) is 9.86. The van der Waals surface area contributed by atoms with E-state index in [1.807, 2.05) is 18.2 Å². The first-order valence-electron chi connectivity index (χ1n) is 9.72. The Kier molecular flexibility index (Phi) is 5.57. The summed E-state index contributed by atoms with van der Waals surface area (Å²) in [6, 6.07) is 12.3. The molecule has 0 spiro atoms. The topological polar surface area (TPSA) is 102 Å². The van der Waals surface area contributed by atoms with Crippen LogP contribution in [0.15, 0.2) is 57.5 Å². The Morgan fingerprint density at radius 2 is 1.81 bits per heavy atom. The van der Waals surface area contributed by atoms with E-state index in [1.54, 1.807) is 24.3 Å². The van der Waals surface area contributed by atoms with Crippen molar-refractivity contribution in [3.63, 3.8) is 0 Å². The van der Waals surface area contributed by atoms with Crippen molar-refractivity contribution in [2.75, 3.05) is 38.8 Å². The third-order valence-electron chi connectivity index (χ3n) is 5.01. The van der Waals surface area contributed by atoms with Crippen molar-refractivity contribution in [1.29, 1.82) is 0 Å². The zero-order valence-electron chi connectivity index (χ0n) is 16.5. The van der Waals surface area contributed by atoms with Crippen molar-refractivity contribution in [3.8, 4) is 11.5 Å². The number of rotatable bonds is 4. The first-order valence-corrected chi connectivity index (χ1v) is 12.1. The third kappa shape index (κ3) is 4.26. The lowest BCUT2D eigenvalue weighted by Gasteiger charge is -2.26. The molecular weight excluding hydrogens is 440 g/mol. The predicted octanol–water partition coefficient (Wildman–Crippen LogP) is 2.16. The van der Waals surface area contributed by atoms with Crippen molar-refractivity contribution >= 4 is 38.4 Å². The number of hydrazone groups is 1. The van der Waals surface area contributed by atoms with Gasteiger partial charge < -0.3 is 14.2 Å². The summed E-state index contributed by atoms with van der Waals surface area (Å²) >= 11 is 1.52. The SMILES string of the molecule is O=S(=O)(c1ccc(N=C2NN=C(c3ccc4c(c3)OCO4)CS2)cc1)N1CCOCC1. The molecule has 11 heteroatoms. The average molecular weight is 461 g/mol. The van der Waals surface area contributed by atoms with Gasteiger partial charge >= 0.3 is 0 Å². The number of benzene rings is 2. The monoisotopic (exact) mass is 460 g/mol. The second kappa shape index (κ2) is 8.50. The molecule has 1 N–H and O–H groups in total. The van der Waals surface area contributed by atoms with Crippen molar-refractivity contribution in [2.24, 2.45) is 10.1 Å². The number of morpholine rings is 1.